The van der Waals surface area contributed by atoms with Crippen molar-refractivity contribution in [2.45, 2.75) is 0 Å². The van der Waals surface area contributed by atoms with Crippen LogP contribution in [0, 0.1) is 0 Å². The summed E-state index contributed by atoms with van der Waals surface area (Å²) in [6.07, 6.45) is 2.92. The van der Waals surface area contributed by atoms with Crippen LogP contribution in [0.2, 0.25) is 0 Å². The zero-order valence-corrected chi connectivity index (χ0v) is 9.56. The van der Waals surface area contributed by atoms with Crippen molar-refractivity contribution in [1.82, 2.24) is 0 Å². The third-order valence-corrected chi connectivity index (χ3v) is 2.26. The van der Waals surface area contributed by atoms with Gasteiger partial charge in [0, 0.05) is 12.4 Å². The fraction of sp³-hybridized carbons (Fsp3) is 0. The van der Waals surface area contributed by atoms with Gasteiger partial charge in [-0.3, -0.25) is 9.98 Å². The maximum absolute atomic E-state index is 9.47. The Morgan fingerprint density at radius 3 is 1.44 bits per heavy atom. The van der Waals surface area contributed by atoms with E-state index in [1.807, 2.05) is 0 Å². The molecule has 2 rings (SSSR count). The molecule has 0 saturated carbocycles. The van der Waals surface area contributed by atoms with Crippen LogP contribution in [0.3, 0.4) is 0 Å². The number of aliphatic imine (C=N–C) groups is 2. The van der Waals surface area contributed by atoms with E-state index in [1.165, 1.54) is 12.4 Å². The van der Waals surface area contributed by atoms with E-state index in [9.17, 15) is 10.2 Å². The fourth-order valence-corrected chi connectivity index (χ4v) is 1.37. The van der Waals surface area contributed by atoms with Crippen LogP contribution in [0.15, 0.2) is 58.5 Å². The van der Waals surface area contributed by atoms with E-state index in [-0.39, 0.29) is 11.5 Å². The minimum atomic E-state index is 0.115. The van der Waals surface area contributed by atoms with Crippen LogP contribution in [0.5, 0.6) is 11.5 Å². The Hall–Kier alpha value is -2.62. The van der Waals surface area contributed by atoms with Crippen LogP contribution in [0.25, 0.3) is 0 Å². The van der Waals surface area contributed by atoms with Crippen LogP contribution < -0.4 is 0 Å². The number of phenolic OH excluding ortho intramolecular Hbond substituents is 2. The molecular formula is C14H12N2O2. The molecule has 0 amide bonds. The largest absolute Gasteiger partial charge is 0.506 e. The van der Waals surface area contributed by atoms with Gasteiger partial charge in [-0.1, -0.05) is 24.3 Å². The van der Waals surface area contributed by atoms with E-state index in [2.05, 4.69) is 9.98 Å². The number of benzene rings is 2. The Balaban J connectivity index is 2.08. The van der Waals surface area contributed by atoms with Gasteiger partial charge in [-0.25, -0.2) is 0 Å². The summed E-state index contributed by atoms with van der Waals surface area (Å²) in [6.45, 7) is 0. The lowest BCUT2D eigenvalue weighted by Crippen LogP contribution is -1.76. The summed E-state index contributed by atoms with van der Waals surface area (Å²) in [5.74, 6) is 0.231. The van der Waals surface area contributed by atoms with Crippen LogP contribution >= 0.6 is 0 Å². The monoisotopic (exact) mass is 240 g/mol. The van der Waals surface area contributed by atoms with Gasteiger partial charge in [0.05, 0.1) is 0 Å². The average molecular weight is 240 g/mol. The SMILES string of the molecule is Oc1ccccc1/N=C/C=N/c1ccccc1O. The predicted molar refractivity (Wildman–Crippen MR) is 72.5 cm³/mol. The summed E-state index contributed by atoms with van der Waals surface area (Å²) in [6, 6.07) is 13.5. The third kappa shape index (κ3) is 2.95. The second-order valence-electron chi connectivity index (χ2n) is 3.53. The van der Waals surface area contributed by atoms with E-state index < -0.39 is 0 Å². The molecule has 4 nitrogen and oxygen atoms in total. The third-order valence-electron chi connectivity index (χ3n) is 2.26. The average Bonchev–Trinajstić information content (AvgIpc) is 2.38. The van der Waals surface area contributed by atoms with Gasteiger partial charge in [-0.05, 0) is 24.3 Å². The van der Waals surface area contributed by atoms with Gasteiger partial charge in [-0.2, -0.15) is 0 Å². The molecule has 0 aromatic heterocycles. The van der Waals surface area contributed by atoms with Gasteiger partial charge in [0.15, 0.2) is 0 Å². The van der Waals surface area contributed by atoms with Gasteiger partial charge < -0.3 is 10.2 Å². The van der Waals surface area contributed by atoms with E-state index in [0.29, 0.717) is 11.4 Å². The molecule has 0 heterocycles. The number of para-hydroxylation sites is 4. The Kier molecular flexibility index (Phi) is 3.71. The first kappa shape index (κ1) is 11.9. The van der Waals surface area contributed by atoms with Crippen molar-refractivity contribution in [3.8, 4) is 11.5 Å². The maximum Gasteiger partial charge on any atom is 0.141 e. The highest BCUT2D eigenvalue weighted by atomic mass is 16.3. The summed E-state index contributed by atoms with van der Waals surface area (Å²) in [7, 11) is 0. The molecule has 0 bridgehead atoms. The number of hydrogen-bond acceptors (Lipinski definition) is 4. The zero-order chi connectivity index (χ0) is 12.8. The number of hydrogen-bond donors (Lipinski definition) is 2. The molecule has 0 spiro atoms. The number of rotatable bonds is 3. The molecule has 0 aliphatic carbocycles. The van der Waals surface area contributed by atoms with Crippen molar-refractivity contribution in [3.63, 3.8) is 0 Å². The van der Waals surface area contributed by atoms with Crippen molar-refractivity contribution in [2.24, 2.45) is 9.98 Å². The molecule has 2 aromatic rings. The molecule has 4 heteroatoms. The van der Waals surface area contributed by atoms with Crippen LogP contribution in [0.1, 0.15) is 0 Å². The van der Waals surface area contributed by atoms with Crippen molar-refractivity contribution >= 4 is 23.8 Å². The molecule has 0 saturated heterocycles. The molecular weight excluding hydrogens is 228 g/mol. The molecule has 0 unspecified atom stereocenters. The first-order valence-electron chi connectivity index (χ1n) is 5.40. The molecule has 18 heavy (non-hydrogen) atoms. The quantitative estimate of drug-likeness (QED) is 0.809. The number of phenols is 2. The van der Waals surface area contributed by atoms with Gasteiger partial charge in [0.1, 0.15) is 22.9 Å². The Labute approximate surface area is 105 Å². The van der Waals surface area contributed by atoms with E-state index >= 15 is 0 Å². The van der Waals surface area contributed by atoms with Gasteiger partial charge in [0.2, 0.25) is 0 Å². The van der Waals surface area contributed by atoms with E-state index in [0.717, 1.165) is 0 Å². The van der Waals surface area contributed by atoms with Crippen molar-refractivity contribution < 1.29 is 10.2 Å². The standard InChI is InChI=1S/C14H12N2O2/c17-13-7-3-1-5-11(13)15-9-10-16-12-6-2-4-8-14(12)18/h1-10,17-18H/b15-9+,16-10+. The van der Waals surface area contributed by atoms with E-state index in [4.69, 9.17) is 0 Å². The summed E-state index contributed by atoms with van der Waals surface area (Å²) < 4.78 is 0. The molecule has 0 radical (unpaired) electrons. The zero-order valence-electron chi connectivity index (χ0n) is 9.56. The second kappa shape index (κ2) is 5.63. The number of aromatic hydroxyl groups is 2. The lowest BCUT2D eigenvalue weighted by Gasteiger charge is -1.96. The van der Waals surface area contributed by atoms with Gasteiger partial charge >= 0.3 is 0 Å². The second-order valence-corrected chi connectivity index (χ2v) is 3.53. The highest BCUT2D eigenvalue weighted by Crippen LogP contribution is 2.25. The molecule has 0 aliphatic rings. The van der Waals surface area contributed by atoms with Gasteiger partial charge in [-0.15, -0.1) is 0 Å². The molecule has 0 fully saturated rings. The highest BCUT2D eigenvalue weighted by molar-refractivity contribution is 6.17. The van der Waals surface area contributed by atoms with Crippen molar-refractivity contribution in [2.75, 3.05) is 0 Å². The first-order valence-corrected chi connectivity index (χ1v) is 5.40. The van der Waals surface area contributed by atoms with E-state index in [1.54, 1.807) is 48.5 Å². The molecule has 90 valence electrons. The Bertz CT molecular complexity index is 538. The summed E-state index contributed by atoms with van der Waals surface area (Å²) in [4.78, 5) is 8.09. The van der Waals surface area contributed by atoms with Gasteiger partial charge in [0.25, 0.3) is 0 Å². The summed E-state index contributed by atoms with van der Waals surface area (Å²) >= 11 is 0. The number of nitrogens with zero attached hydrogens (tertiary/aromatic N) is 2. The normalized spacial score (nSPS) is 11.3. The minimum Gasteiger partial charge on any atom is -0.506 e. The maximum atomic E-state index is 9.47. The topological polar surface area (TPSA) is 65.2 Å². The predicted octanol–water partition coefficient (Wildman–Crippen LogP) is 3.20. The lowest BCUT2D eigenvalue weighted by atomic mass is 10.3. The molecule has 0 atom stereocenters. The minimum absolute atomic E-state index is 0.115. The fourth-order valence-electron chi connectivity index (χ4n) is 1.37. The lowest BCUT2D eigenvalue weighted by molar-refractivity contribution is 0.476. The molecule has 0 aliphatic heterocycles. The Morgan fingerprint density at radius 1 is 0.667 bits per heavy atom. The highest BCUT2D eigenvalue weighted by Gasteiger charge is 1.95. The van der Waals surface area contributed by atoms with Crippen molar-refractivity contribution in [3.05, 3.63) is 48.5 Å². The smallest absolute Gasteiger partial charge is 0.141 e. The van der Waals surface area contributed by atoms with Crippen LogP contribution in [0.4, 0.5) is 11.4 Å². The van der Waals surface area contributed by atoms with Crippen LogP contribution in [-0.4, -0.2) is 22.6 Å². The van der Waals surface area contributed by atoms with Crippen molar-refractivity contribution in [1.29, 1.82) is 0 Å². The van der Waals surface area contributed by atoms with Crippen LogP contribution in [-0.2, 0) is 0 Å². The Morgan fingerprint density at radius 2 is 1.06 bits per heavy atom. The summed E-state index contributed by atoms with van der Waals surface area (Å²) in [5.41, 5.74) is 0.947. The molecule has 2 N–H and O–H groups in total. The molecule has 2 aromatic carbocycles. The summed E-state index contributed by atoms with van der Waals surface area (Å²) in [5, 5.41) is 18.9. The first-order chi connectivity index (χ1) is 8.77.